The van der Waals surface area contributed by atoms with Gasteiger partial charge >= 0.3 is 0 Å². The van der Waals surface area contributed by atoms with Crippen molar-refractivity contribution in [2.24, 2.45) is 11.8 Å². The maximum Gasteiger partial charge on any atom is 0.0391 e. The van der Waals surface area contributed by atoms with E-state index in [0.717, 1.165) is 13.0 Å². The van der Waals surface area contributed by atoms with Crippen LogP contribution >= 0.6 is 0 Å². The third kappa shape index (κ3) is 3.78. The van der Waals surface area contributed by atoms with Gasteiger partial charge in [0.05, 0.1) is 0 Å². The first-order chi connectivity index (χ1) is 7.99. The zero-order chi connectivity index (χ0) is 13.0. The summed E-state index contributed by atoms with van der Waals surface area (Å²) in [6.07, 6.45) is 3.51. The fourth-order valence-electron chi connectivity index (χ4n) is 2.62. The molecule has 0 radical (unpaired) electrons. The van der Waals surface area contributed by atoms with Crippen molar-refractivity contribution < 1.29 is 4.21 Å². The van der Waals surface area contributed by atoms with Crippen LogP contribution in [0.25, 0.3) is 0 Å². The van der Waals surface area contributed by atoms with Crippen molar-refractivity contribution in [1.82, 2.24) is 5.32 Å². The molecule has 1 aliphatic carbocycles. The van der Waals surface area contributed by atoms with E-state index in [-0.39, 0.29) is 0 Å². The zero-order valence-corrected chi connectivity index (χ0v) is 12.8. The highest BCUT2D eigenvalue weighted by Crippen LogP contribution is 2.32. The van der Waals surface area contributed by atoms with Crippen molar-refractivity contribution in [1.29, 1.82) is 0 Å². The van der Waals surface area contributed by atoms with Crippen LogP contribution in [0.4, 0.5) is 0 Å². The quantitative estimate of drug-likeness (QED) is 0.794. The molecule has 0 saturated heterocycles. The maximum absolute atomic E-state index is 12.5. The van der Waals surface area contributed by atoms with Gasteiger partial charge in [0, 0.05) is 27.3 Å². The first kappa shape index (κ1) is 15.2. The maximum atomic E-state index is 12.5. The molecule has 5 atom stereocenters. The predicted molar refractivity (Wildman–Crippen MR) is 76.7 cm³/mol. The van der Waals surface area contributed by atoms with E-state index in [0.29, 0.717) is 28.4 Å². The molecule has 1 rings (SSSR count). The van der Waals surface area contributed by atoms with Crippen LogP contribution in [-0.2, 0) is 10.8 Å². The lowest BCUT2D eigenvalue weighted by Crippen LogP contribution is -2.37. The van der Waals surface area contributed by atoms with E-state index in [1.165, 1.54) is 12.8 Å². The third-order valence-electron chi connectivity index (χ3n) is 4.24. The van der Waals surface area contributed by atoms with Gasteiger partial charge in [0.2, 0.25) is 0 Å². The molecule has 0 aromatic heterocycles. The Bertz CT molecular complexity index is 255. The Morgan fingerprint density at radius 2 is 1.94 bits per heavy atom. The topological polar surface area (TPSA) is 29.1 Å². The number of hydrogen-bond donors (Lipinski definition) is 1. The predicted octanol–water partition coefficient (Wildman–Crippen LogP) is 2.95. The van der Waals surface area contributed by atoms with Crippen molar-refractivity contribution >= 4 is 10.8 Å². The summed E-state index contributed by atoms with van der Waals surface area (Å²) in [4.78, 5) is 0. The summed E-state index contributed by atoms with van der Waals surface area (Å²) in [5, 5.41) is 4.33. The van der Waals surface area contributed by atoms with Crippen molar-refractivity contribution in [3.63, 3.8) is 0 Å². The van der Waals surface area contributed by atoms with E-state index in [9.17, 15) is 4.21 Å². The Balaban J connectivity index is 2.54. The lowest BCUT2D eigenvalue weighted by molar-refractivity contribution is 0.428. The minimum absolute atomic E-state index is 0.326. The Kier molecular flexibility index (Phi) is 6.14. The van der Waals surface area contributed by atoms with Crippen molar-refractivity contribution in [3.8, 4) is 0 Å². The average Bonchev–Trinajstić information content (AvgIpc) is 2.66. The Morgan fingerprint density at radius 1 is 1.29 bits per heavy atom. The highest BCUT2D eigenvalue weighted by atomic mass is 32.2. The molecule has 0 spiro atoms. The fraction of sp³-hybridized carbons (Fsp3) is 1.00. The second-order valence-electron chi connectivity index (χ2n) is 5.81. The van der Waals surface area contributed by atoms with Gasteiger partial charge in [-0.1, -0.05) is 34.6 Å². The summed E-state index contributed by atoms with van der Waals surface area (Å²) in [6.45, 7) is 12.1. The summed E-state index contributed by atoms with van der Waals surface area (Å²) < 4.78 is 12.5. The summed E-state index contributed by atoms with van der Waals surface area (Å²) in [5.74, 6) is 1.08. The highest BCUT2D eigenvalue weighted by Gasteiger charge is 2.37. The van der Waals surface area contributed by atoms with E-state index in [2.05, 4.69) is 39.9 Å². The van der Waals surface area contributed by atoms with Gasteiger partial charge in [-0.2, -0.15) is 0 Å². The second-order valence-corrected chi connectivity index (χ2v) is 7.82. The second kappa shape index (κ2) is 6.89. The van der Waals surface area contributed by atoms with Gasteiger partial charge in [0.1, 0.15) is 0 Å². The summed E-state index contributed by atoms with van der Waals surface area (Å²) in [7, 11) is -0.667. The normalized spacial score (nSPS) is 32.9. The minimum Gasteiger partial charge on any atom is -0.314 e. The van der Waals surface area contributed by atoms with E-state index in [1.807, 2.05) is 0 Å². The Morgan fingerprint density at radius 3 is 2.47 bits per heavy atom. The van der Waals surface area contributed by atoms with Gasteiger partial charge in [-0.15, -0.1) is 0 Å². The van der Waals surface area contributed by atoms with E-state index >= 15 is 0 Å². The highest BCUT2D eigenvalue weighted by molar-refractivity contribution is 7.86. The largest absolute Gasteiger partial charge is 0.314 e. The molecule has 17 heavy (non-hydrogen) atoms. The van der Waals surface area contributed by atoms with Crippen LogP contribution in [0, 0.1) is 11.8 Å². The summed E-state index contributed by atoms with van der Waals surface area (Å²) in [5.41, 5.74) is 0. The standard InChI is InChI=1S/C14H29NOS/c1-6-9-15-13-7-8-14(11(13)4)17(16)12(5)10(2)3/h10-15H,6-9H2,1-5H3. The molecule has 0 aromatic carbocycles. The van der Waals surface area contributed by atoms with E-state index < -0.39 is 10.8 Å². The molecular weight excluding hydrogens is 230 g/mol. The fourth-order valence-corrected chi connectivity index (χ4v) is 4.69. The molecule has 1 aliphatic rings. The Labute approximate surface area is 109 Å². The van der Waals surface area contributed by atoms with Gasteiger partial charge in [-0.3, -0.25) is 4.21 Å². The van der Waals surface area contributed by atoms with Gasteiger partial charge in [-0.05, 0) is 37.6 Å². The molecule has 2 nitrogen and oxygen atoms in total. The molecule has 1 saturated carbocycles. The van der Waals surface area contributed by atoms with Crippen LogP contribution in [0.15, 0.2) is 0 Å². The van der Waals surface area contributed by atoms with Gasteiger partial charge in [0.25, 0.3) is 0 Å². The van der Waals surface area contributed by atoms with Crippen LogP contribution in [0.5, 0.6) is 0 Å². The molecule has 1 fully saturated rings. The van der Waals surface area contributed by atoms with Crippen molar-refractivity contribution in [2.45, 2.75) is 70.4 Å². The summed E-state index contributed by atoms with van der Waals surface area (Å²) >= 11 is 0. The molecule has 1 N–H and O–H groups in total. The number of nitrogens with one attached hydrogen (secondary N) is 1. The van der Waals surface area contributed by atoms with Crippen molar-refractivity contribution in [2.75, 3.05) is 6.54 Å². The smallest absolute Gasteiger partial charge is 0.0391 e. The van der Waals surface area contributed by atoms with Crippen LogP contribution in [0.1, 0.15) is 53.9 Å². The SMILES string of the molecule is CCCNC1CCC(S(=O)C(C)C(C)C)C1C. The molecule has 0 aliphatic heterocycles. The number of rotatable bonds is 6. The zero-order valence-electron chi connectivity index (χ0n) is 12.0. The molecule has 3 heteroatoms. The van der Waals surface area contributed by atoms with Gasteiger partial charge < -0.3 is 5.32 Å². The first-order valence-electron chi connectivity index (χ1n) is 7.11. The van der Waals surface area contributed by atoms with Crippen LogP contribution in [-0.4, -0.2) is 27.3 Å². The molecule has 0 amide bonds. The lowest BCUT2D eigenvalue weighted by Gasteiger charge is -2.25. The molecular formula is C14H29NOS. The molecule has 0 aromatic rings. The van der Waals surface area contributed by atoms with Gasteiger partial charge in [-0.25, -0.2) is 0 Å². The Hall–Kier alpha value is 0.110. The summed E-state index contributed by atoms with van der Waals surface area (Å²) in [6, 6.07) is 0.586. The van der Waals surface area contributed by atoms with E-state index in [4.69, 9.17) is 0 Å². The minimum atomic E-state index is -0.667. The first-order valence-corrected chi connectivity index (χ1v) is 8.39. The molecule has 5 unspecified atom stereocenters. The molecule has 102 valence electrons. The average molecular weight is 259 g/mol. The van der Waals surface area contributed by atoms with E-state index in [1.54, 1.807) is 0 Å². The molecule has 0 heterocycles. The van der Waals surface area contributed by atoms with Crippen molar-refractivity contribution in [3.05, 3.63) is 0 Å². The lowest BCUT2D eigenvalue weighted by atomic mass is 10.1. The van der Waals surface area contributed by atoms with Crippen LogP contribution < -0.4 is 5.32 Å². The monoisotopic (exact) mass is 259 g/mol. The third-order valence-corrected chi connectivity index (χ3v) is 6.78. The number of hydrogen-bond acceptors (Lipinski definition) is 2. The van der Waals surface area contributed by atoms with Crippen LogP contribution in [0.3, 0.4) is 0 Å². The van der Waals surface area contributed by atoms with Gasteiger partial charge in [0.15, 0.2) is 0 Å². The van der Waals surface area contributed by atoms with Crippen LogP contribution in [0.2, 0.25) is 0 Å². The molecule has 0 bridgehead atoms.